The molecule has 24 heavy (non-hydrogen) atoms. The fourth-order valence-corrected chi connectivity index (χ4v) is 2.33. The van der Waals surface area contributed by atoms with Crippen molar-refractivity contribution in [2.75, 3.05) is 13.7 Å². The molecule has 1 N–H and O–H groups in total. The second-order valence-corrected chi connectivity index (χ2v) is 5.74. The van der Waals surface area contributed by atoms with Crippen LogP contribution in [0.25, 0.3) is 5.69 Å². The maximum Gasteiger partial charge on any atom is 0.323 e. The average Bonchev–Trinajstić information content (AvgIpc) is 3.01. The topological polar surface area (TPSA) is 84.7 Å². The summed E-state index contributed by atoms with van der Waals surface area (Å²) in [5.41, 5.74) is 1.93. The number of hydrogen-bond acceptors (Lipinski definition) is 4. The number of nitrogens with zero attached hydrogens (tertiary/aromatic N) is 3. The quantitative estimate of drug-likeness (QED) is 0.876. The fourth-order valence-electron chi connectivity index (χ4n) is 2.33. The van der Waals surface area contributed by atoms with E-state index in [1.165, 1.54) is 4.90 Å². The van der Waals surface area contributed by atoms with Crippen LogP contribution in [-0.4, -0.2) is 51.4 Å². The average molecular weight is 331 g/mol. The lowest BCUT2D eigenvalue weighted by molar-refractivity contribution is -0.138. The zero-order valence-corrected chi connectivity index (χ0v) is 14.2. The summed E-state index contributed by atoms with van der Waals surface area (Å²) in [5, 5.41) is 13.3. The van der Waals surface area contributed by atoms with Crippen molar-refractivity contribution >= 4 is 11.9 Å². The van der Waals surface area contributed by atoms with Gasteiger partial charge in [0.1, 0.15) is 18.0 Å². The molecule has 0 aliphatic carbocycles. The predicted octanol–water partition coefficient (Wildman–Crippen LogP) is 2.12. The first-order valence-corrected chi connectivity index (χ1v) is 7.57. The van der Waals surface area contributed by atoms with Crippen LogP contribution in [0.15, 0.2) is 30.5 Å². The van der Waals surface area contributed by atoms with Gasteiger partial charge in [-0.3, -0.25) is 9.59 Å². The number of aryl methyl sites for hydroxylation is 1. The molecule has 0 bridgehead atoms. The van der Waals surface area contributed by atoms with Gasteiger partial charge in [-0.2, -0.15) is 5.10 Å². The third-order valence-electron chi connectivity index (χ3n) is 3.58. The van der Waals surface area contributed by atoms with Gasteiger partial charge < -0.3 is 14.7 Å². The minimum atomic E-state index is -1.06. The van der Waals surface area contributed by atoms with Crippen molar-refractivity contribution in [2.45, 2.75) is 26.8 Å². The van der Waals surface area contributed by atoms with Crippen LogP contribution >= 0.6 is 0 Å². The second kappa shape index (κ2) is 7.16. The Hall–Kier alpha value is -2.83. The molecule has 2 rings (SSSR count). The highest BCUT2D eigenvalue weighted by molar-refractivity contribution is 5.94. The Morgan fingerprint density at radius 2 is 2.04 bits per heavy atom. The van der Waals surface area contributed by atoms with Gasteiger partial charge in [0.2, 0.25) is 0 Å². The monoisotopic (exact) mass is 331 g/mol. The number of aliphatic carboxylic acids is 1. The summed E-state index contributed by atoms with van der Waals surface area (Å²) in [4.78, 5) is 24.8. The molecule has 0 aliphatic rings. The van der Waals surface area contributed by atoms with E-state index in [9.17, 15) is 9.59 Å². The summed E-state index contributed by atoms with van der Waals surface area (Å²) in [6, 6.07) is 6.98. The molecule has 1 aromatic carbocycles. The number of rotatable bonds is 6. The molecule has 1 aromatic heterocycles. The first-order chi connectivity index (χ1) is 11.3. The number of hydrogen-bond donors (Lipinski definition) is 1. The third kappa shape index (κ3) is 3.73. The number of carbonyl (C=O) groups is 2. The Morgan fingerprint density at radius 3 is 2.62 bits per heavy atom. The molecule has 0 fully saturated rings. The van der Waals surface area contributed by atoms with E-state index in [2.05, 4.69) is 5.10 Å². The molecule has 0 unspecified atom stereocenters. The van der Waals surface area contributed by atoms with Gasteiger partial charge in [0.25, 0.3) is 5.91 Å². The number of benzene rings is 1. The standard InChI is InChI=1S/C17H21N3O4/c1-11(2)19(10-16(21)22)17(23)13-7-8-20(18-13)14-9-12(3)5-6-15(14)24-4/h5-9,11H,10H2,1-4H3,(H,21,22). The number of aromatic nitrogens is 2. The van der Waals surface area contributed by atoms with E-state index >= 15 is 0 Å². The highest BCUT2D eigenvalue weighted by Gasteiger charge is 2.23. The predicted molar refractivity (Wildman–Crippen MR) is 88.7 cm³/mol. The van der Waals surface area contributed by atoms with Gasteiger partial charge in [0.05, 0.1) is 7.11 Å². The molecule has 1 heterocycles. The van der Waals surface area contributed by atoms with E-state index in [1.807, 2.05) is 25.1 Å². The van der Waals surface area contributed by atoms with Crippen LogP contribution in [0, 0.1) is 6.92 Å². The Labute approximate surface area is 140 Å². The molecule has 7 heteroatoms. The van der Waals surface area contributed by atoms with E-state index in [0.717, 1.165) is 5.56 Å². The molecule has 7 nitrogen and oxygen atoms in total. The second-order valence-electron chi connectivity index (χ2n) is 5.74. The van der Waals surface area contributed by atoms with E-state index in [4.69, 9.17) is 9.84 Å². The van der Waals surface area contributed by atoms with E-state index in [0.29, 0.717) is 11.4 Å². The lowest BCUT2D eigenvalue weighted by Crippen LogP contribution is -2.40. The van der Waals surface area contributed by atoms with Crippen LogP contribution in [-0.2, 0) is 4.79 Å². The molecule has 128 valence electrons. The zero-order chi connectivity index (χ0) is 17.9. The number of amides is 1. The van der Waals surface area contributed by atoms with Crippen LogP contribution in [0.2, 0.25) is 0 Å². The summed E-state index contributed by atoms with van der Waals surface area (Å²) < 4.78 is 6.88. The van der Waals surface area contributed by atoms with E-state index < -0.39 is 11.9 Å². The molecule has 0 saturated carbocycles. The van der Waals surface area contributed by atoms with Crippen LogP contribution in [0.3, 0.4) is 0 Å². The number of carbonyl (C=O) groups excluding carboxylic acids is 1. The summed E-state index contributed by atoms with van der Waals surface area (Å²) in [5.74, 6) is -0.844. The molecule has 0 spiro atoms. The van der Waals surface area contributed by atoms with Gasteiger partial charge >= 0.3 is 5.97 Å². The molecule has 0 atom stereocenters. The minimum Gasteiger partial charge on any atom is -0.494 e. The number of ether oxygens (including phenoxy) is 1. The Balaban J connectivity index is 2.35. The van der Waals surface area contributed by atoms with Gasteiger partial charge in [-0.15, -0.1) is 0 Å². The van der Waals surface area contributed by atoms with E-state index in [1.54, 1.807) is 37.9 Å². The number of carboxylic acids is 1. The maximum absolute atomic E-state index is 12.5. The van der Waals surface area contributed by atoms with Crippen molar-refractivity contribution < 1.29 is 19.4 Å². The SMILES string of the molecule is COc1ccc(C)cc1-n1ccc(C(=O)N(CC(=O)O)C(C)C)n1. The summed E-state index contributed by atoms with van der Waals surface area (Å²) in [6.07, 6.45) is 1.66. The molecule has 0 saturated heterocycles. The van der Waals surface area contributed by atoms with Crippen molar-refractivity contribution in [1.82, 2.24) is 14.7 Å². The molecular weight excluding hydrogens is 310 g/mol. The van der Waals surface area contributed by atoms with Crippen LogP contribution < -0.4 is 4.74 Å². The highest BCUT2D eigenvalue weighted by atomic mass is 16.5. The van der Waals surface area contributed by atoms with Gasteiger partial charge in [-0.25, -0.2) is 4.68 Å². The normalized spacial score (nSPS) is 10.7. The van der Waals surface area contributed by atoms with Gasteiger partial charge in [0.15, 0.2) is 5.69 Å². The van der Waals surface area contributed by atoms with Crippen molar-refractivity contribution in [1.29, 1.82) is 0 Å². The Kier molecular flexibility index (Phi) is 5.23. The maximum atomic E-state index is 12.5. The van der Waals surface area contributed by atoms with Gasteiger partial charge in [0, 0.05) is 12.2 Å². The van der Waals surface area contributed by atoms with Crippen LogP contribution in [0.4, 0.5) is 0 Å². The molecule has 2 aromatic rings. The van der Waals surface area contributed by atoms with Crippen molar-refractivity contribution in [3.63, 3.8) is 0 Å². The molecule has 0 radical (unpaired) electrons. The van der Waals surface area contributed by atoms with Gasteiger partial charge in [-0.1, -0.05) is 6.07 Å². The molecule has 1 amide bonds. The van der Waals surface area contributed by atoms with Crippen LogP contribution in [0.5, 0.6) is 5.75 Å². The lowest BCUT2D eigenvalue weighted by Gasteiger charge is -2.23. The fraction of sp³-hybridized carbons (Fsp3) is 0.353. The third-order valence-corrected chi connectivity index (χ3v) is 3.58. The lowest BCUT2D eigenvalue weighted by atomic mass is 10.2. The number of methoxy groups -OCH3 is 1. The Morgan fingerprint density at radius 1 is 1.33 bits per heavy atom. The summed E-state index contributed by atoms with van der Waals surface area (Å²) in [6.45, 7) is 5.12. The first-order valence-electron chi connectivity index (χ1n) is 7.57. The van der Waals surface area contributed by atoms with Crippen LogP contribution in [0.1, 0.15) is 29.9 Å². The minimum absolute atomic E-state index is 0.188. The largest absolute Gasteiger partial charge is 0.494 e. The van der Waals surface area contributed by atoms with Crippen molar-refractivity contribution in [3.8, 4) is 11.4 Å². The number of carboxylic acid groups (broad SMARTS) is 1. The van der Waals surface area contributed by atoms with E-state index in [-0.39, 0.29) is 18.3 Å². The van der Waals surface area contributed by atoms with Gasteiger partial charge in [-0.05, 0) is 44.5 Å². The smallest absolute Gasteiger partial charge is 0.323 e. The highest BCUT2D eigenvalue weighted by Crippen LogP contribution is 2.23. The first kappa shape index (κ1) is 17.5. The zero-order valence-electron chi connectivity index (χ0n) is 14.2. The Bertz CT molecular complexity index is 752. The van der Waals surface area contributed by atoms with Crippen molar-refractivity contribution in [3.05, 3.63) is 41.7 Å². The summed E-state index contributed by atoms with van der Waals surface area (Å²) in [7, 11) is 1.57. The molecule has 0 aliphatic heterocycles. The summed E-state index contributed by atoms with van der Waals surface area (Å²) >= 11 is 0. The van der Waals surface area contributed by atoms with Crippen molar-refractivity contribution in [2.24, 2.45) is 0 Å². The molecular formula is C17H21N3O4.